The Labute approximate surface area is 165 Å². The third-order valence-electron chi connectivity index (χ3n) is 5.85. The van der Waals surface area contributed by atoms with Gasteiger partial charge in [0.1, 0.15) is 0 Å². The predicted octanol–water partition coefficient (Wildman–Crippen LogP) is 5.23. The van der Waals surface area contributed by atoms with Gasteiger partial charge in [0.05, 0.1) is 17.3 Å². The van der Waals surface area contributed by atoms with Crippen LogP contribution in [0.1, 0.15) is 30.9 Å². The number of nitrogens with one attached hydrogen (secondary N) is 1. The number of rotatable bonds is 3. The normalized spacial score (nSPS) is 18.4. The third-order valence-corrected chi connectivity index (χ3v) is 5.85. The molecule has 0 bridgehead atoms. The topological polar surface area (TPSA) is 45.2 Å². The zero-order valence-corrected chi connectivity index (χ0v) is 15.8. The minimum absolute atomic E-state index is 0.0921. The molecule has 1 saturated heterocycles. The summed E-state index contributed by atoms with van der Waals surface area (Å²) < 4.78 is 0. The van der Waals surface area contributed by atoms with E-state index in [0.29, 0.717) is 0 Å². The summed E-state index contributed by atoms with van der Waals surface area (Å²) in [5.74, 6) is 0. The van der Waals surface area contributed by atoms with Crippen molar-refractivity contribution in [1.29, 1.82) is 0 Å². The van der Waals surface area contributed by atoms with Crippen LogP contribution in [0, 0.1) is 0 Å². The SMILES string of the molecule is O[C@H](c1cc(-c2ccccc2)nc2c1ccc1ccccc12)[C@@H]1CCCCN1. The van der Waals surface area contributed by atoms with E-state index in [2.05, 4.69) is 59.9 Å². The molecule has 0 saturated carbocycles. The van der Waals surface area contributed by atoms with Crippen molar-refractivity contribution >= 4 is 21.7 Å². The Hall–Kier alpha value is -2.75. The predicted molar refractivity (Wildman–Crippen MR) is 115 cm³/mol. The lowest BCUT2D eigenvalue weighted by Crippen LogP contribution is -2.38. The van der Waals surface area contributed by atoms with Crippen LogP contribution in [-0.2, 0) is 0 Å². The number of aromatic nitrogens is 1. The van der Waals surface area contributed by atoms with Crippen molar-refractivity contribution in [2.24, 2.45) is 0 Å². The van der Waals surface area contributed by atoms with Gasteiger partial charge in [-0.15, -0.1) is 0 Å². The Morgan fingerprint density at radius 2 is 1.71 bits per heavy atom. The van der Waals surface area contributed by atoms with Gasteiger partial charge in [0.2, 0.25) is 0 Å². The summed E-state index contributed by atoms with van der Waals surface area (Å²) in [6.07, 6.45) is 2.79. The lowest BCUT2D eigenvalue weighted by atomic mass is 9.91. The van der Waals surface area contributed by atoms with E-state index in [1.807, 2.05) is 18.2 Å². The molecule has 28 heavy (non-hydrogen) atoms. The van der Waals surface area contributed by atoms with Crippen molar-refractivity contribution in [2.45, 2.75) is 31.4 Å². The van der Waals surface area contributed by atoms with Crippen LogP contribution >= 0.6 is 0 Å². The number of benzene rings is 3. The minimum Gasteiger partial charge on any atom is -0.387 e. The fourth-order valence-electron chi connectivity index (χ4n) is 4.35. The molecule has 2 atom stereocenters. The molecule has 0 radical (unpaired) electrons. The molecule has 1 aliphatic heterocycles. The van der Waals surface area contributed by atoms with Crippen molar-refractivity contribution in [3.63, 3.8) is 0 Å². The van der Waals surface area contributed by atoms with E-state index < -0.39 is 6.10 Å². The number of aliphatic hydroxyl groups excluding tert-OH is 1. The largest absolute Gasteiger partial charge is 0.387 e. The van der Waals surface area contributed by atoms with Crippen LogP contribution in [0.25, 0.3) is 32.9 Å². The van der Waals surface area contributed by atoms with Gasteiger partial charge in [-0.05, 0) is 36.4 Å². The number of piperidine rings is 1. The van der Waals surface area contributed by atoms with Crippen molar-refractivity contribution in [3.05, 3.63) is 78.4 Å². The summed E-state index contributed by atoms with van der Waals surface area (Å²) >= 11 is 0. The Balaban J connectivity index is 1.76. The van der Waals surface area contributed by atoms with Gasteiger partial charge in [-0.25, -0.2) is 4.98 Å². The molecule has 3 heteroatoms. The molecule has 1 aromatic heterocycles. The zero-order chi connectivity index (χ0) is 18.9. The van der Waals surface area contributed by atoms with Crippen molar-refractivity contribution < 1.29 is 5.11 Å². The maximum Gasteiger partial charge on any atom is 0.0950 e. The van der Waals surface area contributed by atoms with Crippen molar-refractivity contribution in [2.75, 3.05) is 6.54 Å². The Morgan fingerprint density at radius 1 is 0.893 bits per heavy atom. The molecule has 0 spiro atoms. The second kappa shape index (κ2) is 7.34. The molecular weight excluding hydrogens is 344 g/mol. The second-order valence-electron chi connectivity index (χ2n) is 7.65. The van der Waals surface area contributed by atoms with Crippen LogP contribution in [0.5, 0.6) is 0 Å². The average molecular weight is 368 g/mol. The molecular formula is C25H24N2O. The van der Waals surface area contributed by atoms with Gasteiger partial charge >= 0.3 is 0 Å². The molecule has 1 fully saturated rings. The summed E-state index contributed by atoms with van der Waals surface area (Å²) in [5.41, 5.74) is 3.91. The molecule has 3 aromatic carbocycles. The first-order valence-corrected chi connectivity index (χ1v) is 10.1. The molecule has 5 rings (SSSR count). The third kappa shape index (κ3) is 3.07. The van der Waals surface area contributed by atoms with Gasteiger partial charge < -0.3 is 10.4 Å². The summed E-state index contributed by atoms with van der Waals surface area (Å²) in [5, 5.41) is 18.1. The van der Waals surface area contributed by atoms with Crippen LogP contribution in [0.4, 0.5) is 0 Å². The Morgan fingerprint density at radius 3 is 2.54 bits per heavy atom. The first-order valence-electron chi connectivity index (χ1n) is 10.1. The fraction of sp³-hybridized carbons (Fsp3) is 0.240. The molecule has 2 N–H and O–H groups in total. The van der Waals surface area contributed by atoms with Crippen molar-refractivity contribution in [3.8, 4) is 11.3 Å². The van der Waals surface area contributed by atoms with Crippen LogP contribution in [0.15, 0.2) is 72.8 Å². The highest BCUT2D eigenvalue weighted by Crippen LogP contribution is 2.35. The van der Waals surface area contributed by atoms with Crippen molar-refractivity contribution in [1.82, 2.24) is 10.3 Å². The lowest BCUT2D eigenvalue weighted by molar-refractivity contribution is 0.115. The molecule has 3 nitrogen and oxygen atoms in total. The number of fused-ring (bicyclic) bond motifs is 3. The summed E-state index contributed by atoms with van der Waals surface area (Å²) in [6, 6.07) is 25.0. The molecule has 1 aliphatic rings. The van der Waals surface area contributed by atoms with Crippen LogP contribution < -0.4 is 5.32 Å². The molecule has 2 heterocycles. The number of hydrogen-bond acceptors (Lipinski definition) is 3. The van der Waals surface area contributed by atoms with Crippen LogP contribution in [0.3, 0.4) is 0 Å². The minimum atomic E-state index is -0.547. The maximum atomic E-state index is 11.3. The van der Waals surface area contributed by atoms with Crippen LogP contribution in [0.2, 0.25) is 0 Å². The number of hydrogen-bond donors (Lipinski definition) is 2. The van der Waals surface area contributed by atoms with E-state index in [1.54, 1.807) is 0 Å². The van der Waals surface area contributed by atoms with E-state index in [-0.39, 0.29) is 6.04 Å². The Kier molecular flexibility index (Phi) is 4.55. The smallest absolute Gasteiger partial charge is 0.0950 e. The van der Waals surface area contributed by atoms with Gasteiger partial charge in [0.25, 0.3) is 0 Å². The van der Waals surface area contributed by atoms with Gasteiger partial charge in [-0.3, -0.25) is 0 Å². The van der Waals surface area contributed by atoms with E-state index in [1.165, 1.54) is 11.8 Å². The van der Waals surface area contributed by atoms with Crippen LogP contribution in [-0.4, -0.2) is 22.7 Å². The highest BCUT2D eigenvalue weighted by atomic mass is 16.3. The number of nitrogens with zero attached hydrogens (tertiary/aromatic N) is 1. The van der Waals surface area contributed by atoms with Gasteiger partial charge in [0.15, 0.2) is 0 Å². The molecule has 140 valence electrons. The quantitative estimate of drug-likeness (QED) is 0.487. The van der Waals surface area contributed by atoms with Gasteiger partial charge in [-0.2, -0.15) is 0 Å². The number of aliphatic hydroxyl groups is 1. The Bertz CT molecular complexity index is 1120. The fourth-order valence-corrected chi connectivity index (χ4v) is 4.35. The second-order valence-corrected chi connectivity index (χ2v) is 7.65. The lowest BCUT2D eigenvalue weighted by Gasteiger charge is -2.29. The van der Waals surface area contributed by atoms with Gasteiger partial charge in [0, 0.05) is 22.4 Å². The monoisotopic (exact) mass is 368 g/mol. The van der Waals surface area contributed by atoms with E-state index >= 15 is 0 Å². The highest BCUT2D eigenvalue weighted by molar-refractivity contribution is 6.07. The maximum absolute atomic E-state index is 11.3. The first kappa shape index (κ1) is 17.4. The molecule has 0 unspecified atom stereocenters. The van der Waals surface area contributed by atoms with E-state index in [0.717, 1.165) is 52.5 Å². The summed E-state index contributed by atoms with van der Waals surface area (Å²) in [4.78, 5) is 5.03. The van der Waals surface area contributed by atoms with E-state index in [9.17, 15) is 5.11 Å². The zero-order valence-electron chi connectivity index (χ0n) is 15.8. The molecule has 0 amide bonds. The molecule has 4 aromatic rings. The highest BCUT2D eigenvalue weighted by Gasteiger charge is 2.25. The standard InChI is InChI=1S/C25H24N2O/c28-25(22-12-6-7-15-26-22)21-16-23(18-9-2-1-3-10-18)27-24-19-11-5-4-8-17(19)13-14-20(21)24/h1-5,8-11,13-14,16,22,25-26,28H,6-7,12,15H2/t22-,25+/m0/s1. The van der Waals surface area contributed by atoms with E-state index in [4.69, 9.17) is 4.98 Å². The average Bonchev–Trinajstić information content (AvgIpc) is 2.79. The first-order chi connectivity index (χ1) is 13.8. The summed E-state index contributed by atoms with van der Waals surface area (Å²) in [6.45, 7) is 0.971. The van der Waals surface area contributed by atoms with Gasteiger partial charge in [-0.1, -0.05) is 73.2 Å². The number of pyridine rings is 1. The molecule has 0 aliphatic carbocycles. The summed E-state index contributed by atoms with van der Waals surface area (Å²) in [7, 11) is 0.